The van der Waals surface area contributed by atoms with Crippen LogP contribution in [0.5, 0.6) is 5.75 Å². The Kier molecular flexibility index (Phi) is 5.08. The van der Waals surface area contributed by atoms with Crippen molar-refractivity contribution in [3.8, 4) is 5.75 Å². The lowest BCUT2D eigenvalue weighted by molar-refractivity contribution is -0.0296. The average molecular weight is 396 g/mol. The maximum absolute atomic E-state index is 13.1. The molecule has 1 amide bonds. The number of piperidine rings is 1. The highest BCUT2D eigenvalue weighted by atomic mass is 16.5. The quantitative estimate of drug-likeness (QED) is 0.694. The van der Waals surface area contributed by atoms with Gasteiger partial charge in [0.25, 0.3) is 5.91 Å². The summed E-state index contributed by atoms with van der Waals surface area (Å²) in [5, 5.41) is 12.0. The molecule has 0 spiro atoms. The molecule has 1 saturated heterocycles. The molecule has 3 aromatic rings. The summed E-state index contributed by atoms with van der Waals surface area (Å²) < 4.78 is 7.55. The van der Waals surface area contributed by atoms with E-state index < -0.39 is 5.60 Å². The fraction of sp³-hybridized carbons (Fsp3) is 0.455. The first-order chi connectivity index (χ1) is 13.9. The Morgan fingerprint density at radius 2 is 2.07 bits per heavy atom. The minimum absolute atomic E-state index is 0.0162. The molecule has 1 aliphatic heterocycles. The van der Waals surface area contributed by atoms with E-state index in [2.05, 4.69) is 9.97 Å². The van der Waals surface area contributed by atoms with E-state index in [1.54, 1.807) is 6.20 Å². The molecule has 0 bridgehead atoms. The molecule has 154 valence electrons. The Bertz CT molecular complexity index is 1030. The standard InChI is InChI=1S/C22H28N4O3/c1-4-29-17-5-6-19-18(13-17)15(2)20(24-19)21(27)25-10-7-22(28,8-11-25)14-26-12-9-23-16(26)3/h5-6,9,12-13,24,28H,4,7-8,10-11,14H2,1-3H3. The van der Waals surface area contributed by atoms with Crippen LogP contribution in [0.25, 0.3) is 10.9 Å². The second kappa shape index (κ2) is 7.55. The number of hydrogen-bond acceptors (Lipinski definition) is 4. The Morgan fingerprint density at radius 1 is 1.31 bits per heavy atom. The van der Waals surface area contributed by atoms with Gasteiger partial charge in [-0.25, -0.2) is 4.98 Å². The number of fused-ring (bicyclic) bond motifs is 1. The maximum atomic E-state index is 13.1. The second-order valence-corrected chi connectivity index (χ2v) is 7.88. The number of ether oxygens (including phenoxy) is 1. The molecule has 29 heavy (non-hydrogen) atoms. The number of H-pyrrole nitrogens is 1. The van der Waals surface area contributed by atoms with E-state index in [4.69, 9.17) is 4.74 Å². The summed E-state index contributed by atoms with van der Waals surface area (Å²) in [7, 11) is 0. The van der Waals surface area contributed by atoms with Gasteiger partial charge in [-0.1, -0.05) is 0 Å². The fourth-order valence-electron chi connectivity index (χ4n) is 4.11. The van der Waals surface area contributed by atoms with Gasteiger partial charge in [0, 0.05) is 36.4 Å². The van der Waals surface area contributed by atoms with E-state index in [0.717, 1.165) is 28.0 Å². The van der Waals surface area contributed by atoms with Gasteiger partial charge in [-0.3, -0.25) is 4.79 Å². The van der Waals surface area contributed by atoms with E-state index in [-0.39, 0.29) is 5.91 Å². The molecule has 0 unspecified atom stereocenters. The molecular weight excluding hydrogens is 368 g/mol. The lowest BCUT2D eigenvalue weighted by Gasteiger charge is -2.38. The third kappa shape index (κ3) is 3.74. The number of aromatic amines is 1. The molecule has 3 heterocycles. The summed E-state index contributed by atoms with van der Waals surface area (Å²) in [6.45, 7) is 8.02. The number of imidazole rings is 1. The third-order valence-corrected chi connectivity index (χ3v) is 5.92. The van der Waals surface area contributed by atoms with Crippen LogP contribution in [0.1, 0.15) is 41.6 Å². The SMILES string of the molecule is CCOc1ccc2[nH]c(C(=O)N3CCC(O)(Cn4ccnc4C)CC3)c(C)c2c1. The summed E-state index contributed by atoms with van der Waals surface area (Å²) in [6.07, 6.45) is 4.72. The third-order valence-electron chi connectivity index (χ3n) is 5.92. The first-order valence-corrected chi connectivity index (χ1v) is 10.1. The van der Waals surface area contributed by atoms with Gasteiger partial charge < -0.3 is 24.3 Å². The maximum Gasteiger partial charge on any atom is 0.270 e. The number of carbonyl (C=O) groups is 1. The van der Waals surface area contributed by atoms with Gasteiger partial charge in [-0.2, -0.15) is 0 Å². The lowest BCUT2D eigenvalue weighted by atomic mass is 9.91. The molecule has 1 aliphatic rings. The zero-order valence-corrected chi connectivity index (χ0v) is 17.2. The number of hydrogen-bond donors (Lipinski definition) is 2. The van der Waals surface area contributed by atoms with E-state index in [1.807, 2.05) is 54.6 Å². The molecule has 0 aliphatic carbocycles. The van der Waals surface area contributed by atoms with Crippen molar-refractivity contribution in [2.24, 2.45) is 0 Å². The zero-order chi connectivity index (χ0) is 20.6. The number of benzene rings is 1. The van der Waals surface area contributed by atoms with Crippen molar-refractivity contribution in [2.45, 2.75) is 45.8 Å². The molecule has 7 nitrogen and oxygen atoms in total. The molecular formula is C22H28N4O3. The van der Waals surface area contributed by atoms with Crippen LogP contribution >= 0.6 is 0 Å². The highest BCUT2D eigenvalue weighted by Gasteiger charge is 2.35. The normalized spacial score (nSPS) is 16.3. The van der Waals surface area contributed by atoms with Gasteiger partial charge in [0.05, 0.1) is 18.8 Å². The number of aliphatic hydroxyl groups is 1. The topological polar surface area (TPSA) is 83.4 Å². The van der Waals surface area contributed by atoms with E-state index >= 15 is 0 Å². The smallest absolute Gasteiger partial charge is 0.270 e. The van der Waals surface area contributed by atoms with Gasteiger partial charge in [-0.05, 0) is 57.4 Å². The number of nitrogens with zero attached hydrogens (tertiary/aromatic N) is 3. The lowest BCUT2D eigenvalue weighted by Crippen LogP contribution is -2.48. The Hall–Kier alpha value is -2.80. The largest absolute Gasteiger partial charge is 0.494 e. The molecule has 0 radical (unpaired) electrons. The molecule has 2 N–H and O–H groups in total. The molecule has 1 aromatic carbocycles. The summed E-state index contributed by atoms with van der Waals surface area (Å²) in [5.74, 6) is 1.67. The molecule has 4 rings (SSSR count). The van der Waals surface area contributed by atoms with Crippen molar-refractivity contribution in [1.29, 1.82) is 0 Å². The van der Waals surface area contributed by atoms with Crippen molar-refractivity contribution in [3.63, 3.8) is 0 Å². The van der Waals surface area contributed by atoms with Crippen molar-refractivity contribution in [1.82, 2.24) is 19.4 Å². The van der Waals surface area contributed by atoms with Crippen molar-refractivity contribution in [3.05, 3.63) is 47.7 Å². The van der Waals surface area contributed by atoms with Crippen LogP contribution in [-0.2, 0) is 6.54 Å². The number of nitrogens with one attached hydrogen (secondary N) is 1. The monoisotopic (exact) mass is 396 g/mol. The predicted molar refractivity (Wildman–Crippen MR) is 111 cm³/mol. The van der Waals surface area contributed by atoms with Crippen LogP contribution in [0.15, 0.2) is 30.6 Å². The number of aryl methyl sites for hydroxylation is 2. The van der Waals surface area contributed by atoms with Gasteiger partial charge in [0.15, 0.2) is 0 Å². The van der Waals surface area contributed by atoms with Gasteiger partial charge in [0.2, 0.25) is 0 Å². The number of likely N-dealkylation sites (tertiary alicyclic amines) is 1. The van der Waals surface area contributed by atoms with Gasteiger partial charge >= 0.3 is 0 Å². The zero-order valence-electron chi connectivity index (χ0n) is 17.2. The van der Waals surface area contributed by atoms with Crippen LogP contribution in [0.2, 0.25) is 0 Å². The molecule has 1 fully saturated rings. The van der Waals surface area contributed by atoms with Crippen LogP contribution in [0.4, 0.5) is 0 Å². The Balaban J connectivity index is 1.48. The van der Waals surface area contributed by atoms with Crippen LogP contribution in [0, 0.1) is 13.8 Å². The Morgan fingerprint density at radius 3 is 2.72 bits per heavy atom. The molecule has 7 heteroatoms. The molecule has 0 saturated carbocycles. The number of carbonyl (C=O) groups excluding carboxylic acids is 1. The minimum atomic E-state index is -0.815. The van der Waals surface area contributed by atoms with E-state index in [9.17, 15) is 9.90 Å². The second-order valence-electron chi connectivity index (χ2n) is 7.88. The first-order valence-electron chi connectivity index (χ1n) is 10.1. The highest BCUT2D eigenvalue weighted by Crippen LogP contribution is 2.29. The van der Waals surface area contributed by atoms with E-state index in [1.165, 1.54) is 0 Å². The van der Waals surface area contributed by atoms with Crippen LogP contribution < -0.4 is 4.74 Å². The summed E-state index contributed by atoms with van der Waals surface area (Å²) >= 11 is 0. The number of rotatable bonds is 5. The van der Waals surface area contributed by atoms with Crippen molar-refractivity contribution in [2.75, 3.05) is 19.7 Å². The fourth-order valence-corrected chi connectivity index (χ4v) is 4.11. The predicted octanol–water partition coefficient (Wildman–Crippen LogP) is 3.05. The van der Waals surface area contributed by atoms with Gasteiger partial charge in [-0.15, -0.1) is 0 Å². The average Bonchev–Trinajstić information content (AvgIpc) is 3.25. The summed E-state index contributed by atoms with van der Waals surface area (Å²) in [5.41, 5.74) is 1.66. The highest BCUT2D eigenvalue weighted by molar-refractivity contribution is 6.01. The molecule has 2 aromatic heterocycles. The van der Waals surface area contributed by atoms with Gasteiger partial charge in [0.1, 0.15) is 17.3 Å². The number of aromatic nitrogens is 3. The summed E-state index contributed by atoms with van der Waals surface area (Å²) in [6, 6.07) is 5.84. The van der Waals surface area contributed by atoms with Crippen molar-refractivity contribution < 1.29 is 14.6 Å². The summed E-state index contributed by atoms with van der Waals surface area (Å²) in [4.78, 5) is 22.5. The van der Waals surface area contributed by atoms with Crippen LogP contribution in [-0.4, -0.2) is 55.7 Å². The van der Waals surface area contributed by atoms with Crippen LogP contribution in [0.3, 0.4) is 0 Å². The first kappa shape index (κ1) is 19.5. The number of amides is 1. The minimum Gasteiger partial charge on any atom is -0.494 e. The Labute approximate surface area is 170 Å². The van der Waals surface area contributed by atoms with Crippen molar-refractivity contribution >= 4 is 16.8 Å². The molecule has 0 atom stereocenters. The van der Waals surface area contributed by atoms with E-state index in [0.29, 0.717) is 44.8 Å².